The highest BCUT2D eigenvalue weighted by atomic mass is 16.9. The lowest BCUT2D eigenvalue weighted by Crippen LogP contribution is -2.62. The van der Waals surface area contributed by atoms with E-state index in [-0.39, 0.29) is 0 Å². The maximum atomic E-state index is 5.95. The minimum absolute atomic E-state index is 0.400. The molecule has 0 unspecified atom stereocenters. The summed E-state index contributed by atoms with van der Waals surface area (Å²) in [6.45, 7) is 2.23. The molecule has 0 radical (unpaired) electrons. The fourth-order valence-electron chi connectivity index (χ4n) is 3.25. The molecular weight excluding hydrogens is 204 g/mol. The molecular formula is C13H22O3. The van der Waals surface area contributed by atoms with Gasteiger partial charge in [-0.05, 0) is 6.42 Å². The van der Waals surface area contributed by atoms with Crippen LogP contribution < -0.4 is 0 Å². The Morgan fingerprint density at radius 3 is 1.94 bits per heavy atom. The zero-order chi connectivity index (χ0) is 11.0. The number of ether oxygens (including phenoxy) is 3. The Kier molecular flexibility index (Phi) is 2.94. The van der Waals surface area contributed by atoms with Gasteiger partial charge in [0.1, 0.15) is 0 Å². The minimum Gasteiger partial charge on any atom is -0.324 e. The van der Waals surface area contributed by atoms with Crippen LogP contribution in [0.5, 0.6) is 0 Å². The highest BCUT2D eigenvalue weighted by molar-refractivity contribution is 4.91. The van der Waals surface area contributed by atoms with E-state index in [0.717, 1.165) is 32.1 Å². The van der Waals surface area contributed by atoms with Crippen molar-refractivity contribution in [2.75, 3.05) is 0 Å². The Labute approximate surface area is 97.4 Å². The molecule has 0 aromatic heterocycles. The van der Waals surface area contributed by atoms with E-state index in [0.29, 0.717) is 18.3 Å². The van der Waals surface area contributed by atoms with Crippen molar-refractivity contribution in [2.45, 2.75) is 82.6 Å². The van der Waals surface area contributed by atoms with Gasteiger partial charge in [-0.25, -0.2) is 0 Å². The lowest BCUT2D eigenvalue weighted by molar-refractivity contribution is -0.495. The third-order valence-corrected chi connectivity index (χ3v) is 3.95. The third kappa shape index (κ3) is 2.01. The second-order valence-electron chi connectivity index (χ2n) is 5.42. The summed E-state index contributed by atoms with van der Waals surface area (Å²) in [6.07, 6.45) is 10.3. The molecule has 0 N–H and O–H groups in total. The van der Waals surface area contributed by atoms with E-state index in [2.05, 4.69) is 6.92 Å². The van der Waals surface area contributed by atoms with Crippen LogP contribution in [-0.4, -0.2) is 24.3 Å². The van der Waals surface area contributed by atoms with Crippen molar-refractivity contribution in [3.63, 3.8) is 0 Å². The molecule has 3 heterocycles. The van der Waals surface area contributed by atoms with Crippen molar-refractivity contribution >= 4 is 0 Å². The van der Waals surface area contributed by atoms with Gasteiger partial charge in [-0.1, -0.05) is 26.2 Å². The quantitative estimate of drug-likeness (QED) is 0.674. The first-order valence-corrected chi connectivity index (χ1v) is 6.83. The van der Waals surface area contributed by atoms with Crippen LogP contribution in [0.2, 0.25) is 0 Å². The first kappa shape index (κ1) is 11.0. The molecule has 0 aromatic rings. The summed E-state index contributed by atoms with van der Waals surface area (Å²) in [5.74, 6) is -0.650. The molecule has 1 aliphatic carbocycles. The lowest BCUT2D eigenvalue weighted by Gasteiger charge is -2.55. The zero-order valence-corrected chi connectivity index (χ0v) is 10.1. The topological polar surface area (TPSA) is 27.7 Å². The monoisotopic (exact) mass is 226 g/mol. The van der Waals surface area contributed by atoms with Crippen molar-refractivity contribution in [1.29, 1.82) is 0 Å². The zero-order valence-electron chi connectivity index (χ0n) is 10.1. The van der Waals surface area contributed by atoms with Crippen LogP contribution in [0, 0.1) is 0 Å². The van der Waals surface area contributed by atoms with Gasteiger partial charge in [0, 0.05) is 25.7 Å². The summed E-state index contributed by atoms with van der Waals surface area (Å²) in [5, 5.41) is 0. The summed E-state index contributed by atoms with van der Waals surface area (Å²) in [5.41, 5.74) is 0. The van der Waals surface area contributed by atoms with Gasteiger partial charge in [-0.3, -0.25) is 0 Å². The molecule has 1 saturated carbocycles. The Morgan fingerprint density at radius 2 is 1.44 bits per heavy atom. The summed E-state index contributed by atoms with van der Waals surface area (Å²) >= 11 is 0. The molecule has 0 amide bonds. The van der Waals surface area contributed by atoms with Crippen LogP contribution >= 0.6 is 0 Å². The smallest absolute Gasteiger partial charge is 0.283 e. The number of hydrogen-bond acceptors (Lipinski definition) is 3. The summed E-state index contributed by atoms with van der Waals surface area (Å²) < 4.78 is 17.8. The molecule has 0 aromatic carbocycles. The molecule has 4 aliphatic rings. The fraction of sp³-hybridized carbons (Fsp3) is 1.00. The van der Waals surface area contributed by atoms with E-state index in [1.54, 1.807) is 0 Å². The number of hydrogen-bond donors (Lipinski definition) is 0. The normalized spacial score (nSPS) is 45.2. The molecule has 3 nitrogen and oxygen atoms in total. The Balaban J connectivity index is 1.56. The predicted molar refractivity (Wildman–Crippen MR) is 60.0 cm³/mol. The lowest BCUT2D eigenvalue weighted by atomic mass is 9.88. The third-order valence-electron chi connectivity index (χ3n) is 3.95. The maximum absolute atomic E-state index is 5.95. The number of rotatable bonds is 5. The van der Waals surface area contributed by atoms with Crippen LogP contribution in [-0.2, 0) is 14.2 Å². The van der Waals surface area contributed by atoms with E-state index in [9.17, 15) is 0 Å². The minimum atomic E-state index is -0.650. The van der Waals surface area contributed by atoms with Crippen LogP contribution in [0.25, 0.3) is 0 Å². The molecule has 0 spiro atoms. The van der Waals surface area contributed by atoms with Crippen molar-refractivity contribution in [3.05, 3.63) is 0 Å². The van der Waals surface area contributed by atoms with Gasteiger partial charge in [0.25, 0.3) is 5.97 Å². The average Bonchev–Trinajstić information content (AvgIpc) is 2.22. The highest BCUT2D eigenvalue weighted by Gasteiger charge is 2.54. The van der Waals surface area contributed by atoms with E-state index in [1.807, 2.05) is 0 Å². The second kappa shape index (κ2) is 4.28. The van der Waals surface area contributed by atoms with Crippen LogP contribution in [0.4, 0.5) is 0 Å². The van der Waals surface area contributed by atoms with E-state index in [1.165, 1.54) is 19.3 Å². The Morgan fingerprint density at radius 1 is 0.875 bits per heavy atom. The van der Waals surface area contributed by atoms with Gasteiger partial charge in [0.05, 0.1) is 18.3 Å². The summed E-state index contributed by atoms with van der Waals surface area (Å²) in [6, 6.07) is 0. The highest BCUT2D eigenvalue weighted by Crippen LogP contribution is 2.46. The molecule has 4 bridgehead atoms. The Hall–Kier alpha value is -0.120. The largest absolute Gasteiger partial charge is 0.324 e. The molecule has 3 aliphatic heterocycles. The molecule has 4 fully saturated rings. The molecule has 92 valence electrons. The maximum Gasteiger partial charge on any atom is 0.283 e. The van der Waals surface area contributed by atoms with Crippen molar-refractivity contribution in [2.24, 2.45) is 0 Å². The van der Waals surface area contributed by atoms with Gasteiger partial charge in [-0.15, -0.1) is 0 Å². The summed E-state index contributed by atoms with van der Waals surface area (Å²) in [4.78, 5) is 0. The number of unbranched alkanes of at least 4 members (excludes halogenated alkanes) is 3. The van der Waals surface area contributed by atoms with Gasteiger partial charge in [-0.2, -0.15) is 0 Å². The standard InChI is InChI=1S/C13H22O3/c1-2-3-4-5-6-13-14-10-7-11(15-13)9-12(8-10)16-13/h10-12H,2-9H2,1H3. The fourth-order valence-corrected chi connectivity index (χ4v) is 3.25. The van der Waals surface area contributed by atoms with Gasteiger partial charge in [0.2, 0.25) is 0 Å². The van der Waals surface area contributed by atoms with Crippen molar-refractivity contribution in [3.8, 4) is 0 Å². The second-order valence-corrected chi connectivity index (χ2v) is 5.42. The SMILES string of the molecule is CCCCCCC12OC3CC(CC(C3)O1)O2. The van der Waals surface area contributed by atoms with Crippen LogP contribution in [0.15, 0.2) is 0 Å². The molecule has 16 heavy (non-hydrogen) atoms. The molecule has 3 saturated heterocycles. The summed E-state index contributed by atoms with van der Waals surface area (Å²) in [7, 11) is 0. The Bertz CT molecular complexity index is 216. The van der Waals surface area contributed by atoms with Crippen LogP contribution in [0.3, 0.4) is 0 Å². The van der Waals surface area contributed by atoms with Crippen molar-refractivity contribution in [1.82, 2.24) is 0 Å². The van der Waals surface area contributed by atoms with Gasteiger partial charge >= 0.3 is 0 Å². The van der Waals surface area contributed by atoms with Gasteiger partial charge in [0.15, 0.2) is 0 Å². The molecule has 4 rings (SSSR count). The molecule has 3 heteroatoms. The first-order valence-electron chi connectivity index (χ1n) is 6.83. The first-order chi connectivity index (χ1) is 7.80. The molecule has 0 atom stereocenters. The van der Waals surface area contributed by atoms with E-state index >= 15 is 0 Å². The van der Waals surface area contributed by atoms with E-state index in [4.69, 9.17) is 14.2 Å². The van der Waals surface area contributed by atoms with Gasteiger partial charge < -0.3 is 14.2 Å². The van der Waals surface area contributed by atoms with Crippen molar-refractivity contribution < 1.29 is 14.2 Å². The average molecular weight is 226 g/mol. The van der Waals surface area contributed by atoms with E-state index < -0.39 is 5.97 Å². The predicted octanol–water partition coefficient (Wildman–Crippen LogP) is 2.98. The van der Waals surface area contributed by atoms with Crippen LogP contribution in [0.1, 0.15) is 58.3 Å².